The van der Waals surface area contributed by atoms with Gasteiger partial charge in [-0.25, -0.2) is 0 Å². The van der Waals surface area contributed by atoms with Crippen molar-refractivity contribution in [3.8, 4) is 11.5 Å². The SMILES string of the molecule is Cc1ccc(Oc2ccc(C)c(Cl)c2Cl)cc1. The minimum absolute atomic E-state index is 0.451. The van der Waals surface area contributed by atoms with Gasteiger partial charge in [-0.2, -0.15) is 0 Å². The summed E-state index contributed by atoms with van der Waals surface area (Å²) in [5, 5.41) is 0.989. The van der Waals surface area contributed by atoms with Crippen LogP contribution in [0.1, 0.15) is 11.1 Å². The molecule has 2 aromatic rings. The van der Waals surface area contributed by atoms with E-state index in [2.05, 4.69) is 0 Å². The van der Waals surface area contributed by atoms with E-state index in [4.69, 9.17) is 27.9 Å². The van der Waals surface area contributed by atoms with Gasteiger partial charge in [0.25, 0.3) is 0 Å². The molecule has 0 aliphatic rings. The molecule has 17 heavy (non-hydrogen) atoms. The molecular formula is C14H12Cl2O. The Labute approximate surface area is 111 Å². The van der Waals surface area contributed by atoms with Crippen LogP contribution in [-0.2, 0) is 0 Å². The molecule has 0 saturated carbocycles. The van der Waals surface area contributed by atoms with Crippen LogP contribution in [0.5, 0.6) is 11.5 Å². The minimum atomic E-state index is 0.451. The van der Waals surface area contributed by atoms with Gasteiger partial charge < -0.3 is 4.74 Å². The molecule has 0 aliphatic carbocycles. The predicted octanol–water partition coefficient (Wildman–Crippen LogP) is 5.40. The fraction of sp³-hybridized carbons (Fsp3) is 0.143. The maximum absolute atomic E-state index is 6.12. The van der Waals surface area contributed by atoms with Crippen molar-refractivity contribution >= 4 is 23.2 Å². The third-order valence-corrected chi connectivity index (χ3v) is 3.45. The monoisotopic (exact) mass is 266 g/mol. The van der Waals surface area contributed by atoms with Crippen molar-refractivity contribution in [1.82, 2.24) is 0 Å². The average molecular weight is 267 g/mol. The van der Waals surface area contributed by atoms with Gasteiger partial charge in [0.15, 0.2) is 0 Å². The molecule has 88 valence electrons. The average Bonchev–Trinajstić information content (AvgIpc) is 2.33. The zero-order valence-electron chi connectivity index (χ0n) is 9.63. The maximum atomic E-state index is 6.12. The van der Waals surface area contributed by atoms with Crippen LogP contribution in [0.3, 0.4) is 0 Å². The Balaban J connectivity index is 2.30. The van der Waals surface area contributed by atoms with Crippen LogP contribution in [0.4, 0.5) is 0 Å². The van der Waals surface area contributed by atoms with Gasteiger partial charge >= 0.3 is 0 Å². The Bertz CT molecular complexity index is 533. The molecule has 0 amide bonds. The maximum Gasteiger partial charge on any atom is 0.147 e. The van der Waals surface area contributed by atoms with E-state index in [9.17, 15) is 0 Å². The lowest BCUT2D eigenvalue weighted by Gasteiger charge is -2.10. The van der Waals surface area contributed by atoms with Gasteiger partial charge in [-0.1, -0.05) is 47.0 Å². The molecule has 0 N–H and O–H groups in total. The Morgan fingerprint density at radius 3 is 2.12 bits per heavy atom. The summed E-state index contributed by atoms with van der Waals surface area (Å²) in [5.74, 6) is 1.32. The molecule has 0 bridgehead atoms. The number of rotatable bonds is 2. The van der Waals surface area contributed by atoms with Crippen LogP contribution in [0.2, 0.25) is 10.0 Å². The second-order valence-corrected chi connectivity index (χ2v) is 4.68. The normalized spacial score (nSPS) is 10.4. The first-order valence-corrected chi connectivity index (χ1v) is 6.02. The van der Waals surface area contributed by atoms with Gasteiger partial charge in [-0.3, -0.25) is 0 Å². The summed E-state index contributed by atoms with van der Waals surface area (Å²) in [4.78, 5) is 0. The first-order valence-electron chi connectivity index (χ1n) is 5.27. The van der Waals surface area contributed by atoms with Crippen LogP contribution < -0.4 is 4.74 Å². The fourth-order valence-corrected chi connectivity index (χ4v) is 1.85. The van der Waals surface area contributed by atoms with Gasteiger partial charge in [0.05, 0.1) is 5.02 Å². The number of hydrogen-bond acceptors (Lipinski definition) is 1. The van der Waals surface area contributed by atoms with Crippen molar-refractivity contribution in [2.75, 3.05) is 0 Å². The second-order valence-electron chi connectivity index (χ2n) is 3.92. The summed E-state index contributed by atoms with van der Waals surface area (Å²) in [6.07, 6.45) is 0. The third-order valence-electron chi connectivity index (χ3n) is 2.49. The van der Waals surface area contributed by atoms with Gasteiger partial charge in [0, 0.05) is 0 Å². The van der Waals surface area contributed by atoms with Crippen molar-refractivity contribution in [2.24, 2.45) is 0 Å². The molecule has 0 spiro atoms. The van der Waals surface area contributed by atoms with Crippen LogP contribution in [-0.4, -0.2) is 0 Å². The van der Waals surface area contributed by atoms with Crippen molar-refractivity contribution in [1.29, 1.82) is 0 Å². The molecule has 0 saturated heterocycles. The van der Waals surface area contributed by atoms with Gasteiger partial charge in [-0.05, 0) is 37.6 Å². The lowest BCUT2D eigenvalue weighted by Crippen LogP contribution is -1.87. The summed E-state index contributed by atoms with van der Waals surface area (Å²) in [5.41, 5.74) is 2.12. The molecule has 0 radical (unpaired) electrons. The summed E-state index contributed by atoms with van der Waals surface area (Å²) in [6.45, 7) is 3.93. The number of halogens is 2. The standard InChI is InChI=1S/C14H12Cl2O/c1-9-3-6-11(7-4-9)17-12-8-5-10(2)13(15)14(12)16/h3-8H,1-2H3. The van der Waals surface area contributed by atoms with Crippen molar-refractivity contribution in [2.45, 2.75) is 13.8 Å². The smallest absolute Gasteiger partial charge is 0.147 e. The van der Waals surface area contributed by atoms with E-state index in [-0.39, 0.29) is 0 Å². The minimum Gasteiger partial charge on any atom is -0.456 e. The summed E-state index contributed by atoms with van der Waals surface area (Å²) >= 11 is 12.2. The van der Waals surface area contributed by atoms with E-state index in [1.165, 1.54) is 5.56 Å². The highest BCUT2D eigenvalue weighted by Crippen LogP contribution is 2.36. The Morgan fingerprint density at radius 2 is 1.47 bits per heavy atom. The molecule has 0 aliphatic heterocycles. The Hall–Kier alpha value is -1.18. The van der Waals surface area contributed by atoms with Crippen LogP contribution in [0, 0.1) is 13.8 Å². The lowest BCUT2D eigenvalue weighted by molar-refractivity contribution is 0.482. The molecule has 2 rings (SSSR count). The highest BCUT2D eigenvalue weighted by atomic mass is 35.5. The third kappa shape index (κ3) is 2.74. The predicted molar refractivity (Wildman–Crippen MR) is 72.5 cm³/mol. The topological polar surface area (TPSA) is 9.23 Å². The molecule has 2 aromatic carbocycles. The first-order chi connectivity index (χ1) is 8.08. The Morgan fingerprint density at radius 1 is 0.824 bits per heavy atom. The van der Waals surface area contributed by atoms with Gasteiger partial charge in [0.1, 0.15) is 16.5 Å². The van der Waals surface area contributed by atoms with Crippen molar-refractivity contribution in [3.05, 3.63) is 57.6 Å². The van der Waals surface area contributed by atoms with E-state index >= 15 is 0 Å². The highest BCUT2D eigenvalue weighted by molar-refractivity contribution is 6.43. The van der Waals surface area contributed by atoms with Crippen molar-refractivity contribution in [3.63, 3.8) is 0 Å². The largest absolute Gasteiger partial charge is 0.456 e. The number of hydrogen-bond donors (Lipinski definition) is 0. The van der Waals surface area contributed by atoms with Gasteiger partial charge in [-0.15, -0.1) is 0 Å². The number of aryl methyl sites for hydroxylation is 2. The number of benzene rings is 2. The van der Waals surface area contributed by atoms with Crippen LogP contribution in [0.15, 0.2) is 36.4 Å². The quantitative estimate of drug-likeness (QED) is 0.707. The highest BCUT2D eigenvalue weighted by Gasteiger charge is 2.09. The number of ether oxygens (including phenoxy) is 1. The molecule has 0 atom stereocenters. The molecule has 0 heterocycles. The van der Waals surface area contributed by atoms with Crippen LogP contribution >= 0.6 is 23.2 Å². The van der Waals surface area contributed by atoms with E-state index in [0.717, 1.165) is 11.3 Å². The van der Waals surface area contributed by atoms with Crippen LogP contribution in [0.25, 0.3) is 0 Å². The van der Waals surface area contributed by atoms with E-state index in [1.54, 1.807) is 0 Å². The van der Waals surface area contributed by atoms with E-state index in [1.807, 2.05) is 50.2 Å². The van der Waals surface area contributed by atoms with Gasteiger partial charge in [0.2, 0.25) is 0 Å². The zero-order chi connectivity index (χ0) is 12.4. The van der Waals surface area contributed by atoms with E-state index < -0.39 is 0 Å². The Kier molecular flexibility index (Phi) is 3.60. The molecule has 0 aromatic heterocycles. The molecule has 3 heteroatoms. The molecular weight excluding hydrogens is 255 g/mol. The van der Waals surface area contributed by atoms with E-state index in [0.29, 0.717) is 15.8 Å². The second kappa shape index (κ2) is 4.99. The summed E-state index contributed by atoms with van der Waals surface area (Å²) in [7, 11) is 0. The summed E-state index contributed by atoms with van der Waals surface area (Å²) in [6, 6.07) is 11.5. The lowest BCUT2D eigenvalue weighted by atomic mass is 10.2. The van der Waals surface area contributed by atoms with Crippen molar-refractivity contribution < 1.29 is 4.74 Å². The zero-order valence-corrected chi connectivity index (χ0v) is 11.1. The molecule has 1 nitrogen and oxygen atoms in total. The molecule has 0 unspecified atom stereocenters. The first kappa shape index (κ1) is 12.3. The fourth-order valence-electron chi connectivity index (χ4n) is 1.44. The molecule has 0 fully saturated rings. The summed E-state index contributed by atoms with van der Waals surface area (Å²) < 4.78 is 5.68.